The van der Waals surface area contributed by atoms with E-state index in [1.165, 1.54) is 4.31 Å². The van der Waals surface area contributed by atoms with Gasteiger partial charge in [0.25, 0.3) is 5.91 Å². The summed E-state index contributed by atoms with van der Waals surface area (Å²) in [5, 5.41) is 5.85. The van der Waals surface area contributed by atoms with Crippen LogP contribution in [0.5, 0.6) is 0 Å². The number of anilines is 1. The predicted molar refractivity (Wildman–Crippen MR) is 140 cm³/mol. The van der Waals surface area contributed by atoms with Gasteiger partial charge < -0.3 is 10.6 Å². The van der Waals surface area contributed by atoms with Crippen molar-refractivity contribution >= 4 is 27.5 Å². The van der Waals surface area contributed by atoms with Crippen LogP contribution in [0, 0.1) is 12.8 Å². The summed E-state index contributed by atoms with van der Waals surface area (Å²) in [6, 6.07) is 23.0. The number of piperidine rings is 1. The number of amides is 2. The lowest BCUT2D eigenvalue weighted by Gasteiger charge is -2.31. The number of sulfonamides is 1. The third kappa shape index (κ3) is 5.83. The van der Waals surface area contributed by atoms with Gasteiger partial charge in [0, 0.05) is 13.1 Å². The minimum atomic E-state index is -3.69. The molecule has 1 aliphatic heterocycles. The normalized spacial score (nSPS) is 17.2. The van der Waals surface area contributed by atoms with E-state index in [1.807, 2.05) is 44.2 Å². The monoisotopic (exact) mass is 505 g/mol. The van der Waals surface area contributed by atoms with E-state index >= 15 is 0 Å². The highest BCUT2D eigenvalue weighted by atomic mass is 32.2. The molecule has 0 radical (unpaired) electrons. The molecule has 1 fully saturated rings. The molecular weight excluding hydrogens is 474 g/mol. The Kier molecular flexibility index (Phi) is 7.86. The van der Waals surface area contributed by atoms with Crippen molar-refractivity contribution in [2.75, 3.05) is 18.4 Å². The van der Waals surface area contributed by atoms with Gasteiger partial charge >= 0.3 is 0 Å². The van der Waals surface area contributed by atoms with Crippen LogP contribution >= 0.6 is 0 Å². The molecule has 0 bridgehead atoms. The first kappa shape index (κ1) is 25.6. The molecule has 0 aliphatic carbocycles. The first-order valence-electron chi connectivity index (χ1n) is 12.1. The summed E-state index contributed by atoms with van der Waals surface area (Å²) in [5.74, 6) is -1.11. The van der Waals surface area contributed by atoms with Crippen LogP contribution in [0.1, 0.15) is 47.3 Å². The second-order valence-electron chi connectivity index (χ2n) is 9.16. The van der Waals surface area contributed by atoms with Crippen molar-refractivity contribution < 1.29 is 18.0 Å². The Morgan fingerprint density at radius 2 is 1.61 bits per heavy atom. The summed E-state index contributed by atoms with van der Waals surface area (Å²) in [7, 11) is -3.69. The van der Waals surface area contributed by atoms with Gasteiger partial charge in [-0.25, -0.2) is 8.42 Å². The Morgan fingerprint density at radius 3 is 2.33 bits per heavy atom. The van der Waals surface area contributed by atoms with Gasteiger partial charge in [-0.3, -0.25) is 9.59 Å². The average molecular weight is 506 g/mol. The smallest absolute Gasteiger partial charge is 0.253 e. The fraction of sp³-hybridized carbons (Fsp3) is 0.286. The Balaban J connectivity index is 1.45. The third-order valence-corrected chi connectivity index (χ3v) is 8.37. The van der Waals surface area contributed by atoms with Gasteiger partial charge in [-0.1, -0.05) is 60.2 Å². The van der Waals surface area contributed by atoms with Gasteiger partial charge in [0.15, 0.2) is 0 Å². The number of nitrogens with zero attached hydrogens (tertiary/aromatic N) is 1. The SMILES string of the molecule is Cc1ccc(S(=O)(=O)N2CCC[C@@H](C(=O)Nc3ccccc3C(=O)N[C@H](C)c3ccccc3)C2)cc1. The molecule has 2 N–H and O–H groups in total. The maximum Gasteiger partial charge on any atom is 0.253 e. The minimum Gasteiger partial charge on any atom is -0.345 e. The minimum absolute atomic E-state index is 0.0987. The summed E-state index contributed by atoms with van der Waals surface area (Å²) in [4.78, 5) is 26.4. The molecule has 0 unspecified atom stereocenters. The van der Waals surface area contributed by atoms with Gasteiger partial charge in [0.1, 0.15) is 0 Å². The van der Waals surface area contributed by atoms with Crippen LogP contribution in [0.3, 0.4) is 0 Å². The molecule has 0 aromatic heterocycles. The van der Waals surface area contributed by atoms with Gasteiger partial charge in [-0.05, 0) is 56.5 Å². The first-order chi connectivity index (χ1) is 17.3. The van der Waals surface area contributed by atoms with Gasteiger partial charge in [0.2, 0.25) is 15.9 Å². The van der Waals surface area contributed by atoms with Crippen molar-refractivity contribution in [2.24, 2.45) is 5.92 Å². The molecule has 4 rings (SSSR count). The van der Waals surface area contributed by atoms with E-state index in [0.29, 0.717) is 30.6 Å². The highest BCUT2D eigenvalue weighted by Crippen LogP contribution is 2.26. The molecule has 1 heterocycles. The number of hydrogen-bond acceptors (Lipinski definition) is 4. The van der Waals surface area contributed by atoms with Crippen LogP contribution < -0.4 is 10.6 Å². The van der Waals surface area contributed by atoms with Crippen molar-refractivity contribution in [2.45, 2.75) is 37.6 Å². The molecular formula is C28H31N3O4S. The average Bonchev–Trinajstić information content (AvgIpc) is 2.89. The van der Waals surface area contributed by atoms with E-state index < -0.39 is 15.9 Å². The fourth-order valence-electron chi connectivity index (χ4n) is 4.36. The number of carbonyl (C=O) groups is 2. The van der Waals surface area contributed by atoms with Crippen LogP contribution in [-0.4, -0.2) is 37.6 Å². The second-order valence-corrected chi connectivity index (χ2v) is 11.1. The number of benzene rings is 3. The zero-order chi connectivity index (χ0) is 25.7. The van der Waals surface area contributed by atoms with Crippen LogP contribution in [0.2, 0.25) is 0 Å². The summed E-state index contributed by atoms with van der Waals surface area (Å²) < 4.78 is 27.6. The van der Waals surface area contributed by atoms with Crippen LogP contribution in [0.25, 0.3) is 0 Å². The molecule has 8 heteroatoms. The van der Waals surface area contributed by atoms with Gasteiger partial charge in [0.05, 0.1) is 28.1 Å². The number of nitrogens with one attached hydrogen (secondary N) is 2. The Hall–Kier alpha value is -3.49. The highest BCUT2D eigenvalue weighted by Gasteiger charge is 2.33. The van der Waals surface area contributed by atoms with Gasteiger partial charge in [-0.2, -0.15) is 4.31 Å². The zero-order valence-corrected chi connectivity index (χ0v) is 21.3. The fourth-order valence-corrected chi connectivity index (χ4v) is 5.88. The molecule has 7 nitrogen and oxygen atoms in total. The number of carbonyl (C=O) groups excluding carboxylic acids is 2. The van der Waals surface area contributed by atoms with Crippen molar-refractivity contribution in [3.8, 4) is 0 Å². The number of para-hydroxylation sites is 1. The molecule has 1 saturated heterocycles. The molecule has 3 aromatic rings. The lowest BCUT2D eigenvalue weighted by Crippen LogP contribution is -2.43. The van der Waals surface area contributed by atoms with E-state index in [9.17, 15) is 18.0 Å². The van der Waals surface area contributed by atoms with Crippen molar-refractivity contribution in [3.63, 3.8) is 0 Å². The highest BCUT2D eigenvalue weighted by molar-refractivity contribution is 7.89. The molecule has 1 aliphatic rings. The molecule has 2 atom stereocenters. The first-order valence-corrected chi connectivity index (χ1v) is 13.5. The zero-order valence-electron chi connectivity index (χ0n) is 20.5. The van der Waals surface area contributed by atoms with Crippen molar-refractivity contribution in [1.82, 2.24) is 9.62 Å². The predicted octanol–water partition coefficient (Wildman–Crippen LogP) is 4.53. The van der Waals surface area contributed by atoms with E-state index in [-0.39, 0.29) is 29.3 Å². The molecule has 3 aromatic carbocycles. The molecule has 188 valence electrons. The third-order valence-electron chi connectivity index (χ3n) is 6.49. The lowest BCUT2D eigenvalue weighted by molar-refractivity contribution is -0.120. The number of rotatable bonds is 7. The van der Waals surface area contributed by atoms with Crippen LogP contribution in [0.15, 0.2) is 83.8 Å². The Morgan fingerprint density at radius 1 is 0.944 bits per heavy atom. The van der Waals surface area contributed by atoms with Crippen LogP contribution in [0.4, 0.5) is 5.69 Å². The Labute approximate surface area is 212 Å². The maximum atomic E-state index is 13.2. The topological polar surface area (TPSA) is 95.6 Å². The molecule has 0 saturated carbocycles. The largest absolute Gasteiger partial charge is 0.345 e. The summed E-state index contributed by atoms with van der Waals surface area (Å²) in [5.41, 5.74) is 2.71. The van der Waals surface area contributed by atoms with E-state index in [1.54, 1.807) is 48.5 Å². The molecule has 0 spiro atoms. The maximum absolute atomic E-state index is 13.2. The molecule has 36 heavy (non-hydrogen) atoms. The molecule has 2 amide bonds. The van der Waals surface area contributed by atoms with E-state index in [2.05, 4.69) is 10.6 Å². The van der Waals surface area contributed by atoms with Gasteiger partial charge in [-0.15, -0.1) is 0 Å². The number of hydrogen-bond donors (Lipinski definition) is 2. The Bertz CT molecular complexity index is 1320. The quantitative estimate of drug-likeness (QED) is 0.493. The van der Waals surface area contributed by atoms with E-state index in [0.717, 1.165) is 11.1 Å². The summed E-state index contributed by atoms with van der Waals surface area (Å²) >= 11 is 0. The summed E-state index contributed by atoms with van der Waals surface area (Å²) in [6.07, 6.45) is 1.16. The lowest BCUT2D eigenvalue weighted by atomic mass is 9.98. The van der Waals surface area contributed by atoms with Crippen molar-refractivity contribution in [1.29, 1.82) is 0 Å². The summed E-state index contributed by atoms with van der Waals surface area (Å²) in [6.45, 7) is 4.27. The van der Waals surface area contributed by atoms with Crippen molar-refractivity contribution in [3.05, 3.63) is 95.6 Å². The standard InChI is InChI=1S/C28H31N3O4S/c1-20-14-16-24(17-15-20)36(34,35)31-18-8-11-23(19-31)27(32)30-26-13-7-6-12-25(26)28(33)29-21(2)22-9-4-3-5-10-22/h3-7,9-10,12-17,21,23H,8,11,18-19H2,1-2H3,(H,29,33)(H,30,32)/t21-,23-/m1/s1. The van der Waals surface area contributed by atoms with E-state index in [4.69, 9.17) is 0 Å². The number of aryl methyl sites for hydroxylation is 1. The van der Waals surface area contributed by atoms with Crippen LogP contribution in [-0.2, 0) is 14.8 Å². The second kappa shape index (κ2) is 11.1.